The van der Waals surface area contributed by atoms with Crippen LogP contribution in [0.4, 0.5) is 5.69 Å². The smallest absolute Gasteiger partial charge is 0.262 e. The molecule has 0 fully saturated rings. The molecule has 0 saturated carbocycles. The van der Waals surface area contributed by atoms with Crippen LogP contribution in [-0.2, 0) is 4.79 Å². The lowest BCUT2D eigenvalue weighted by Crippen LogP contribution is -2.20. The van der Waals surface area contributed by atoms with Crippen LogP contribution in [0, 0.1) is 0 Å². The van der Waals surface area contributed by atoms with E-state index >= 15 is 0 Å². The van der Waals surface area contributed by atoms with Gasteiger partial charge in [-0.2, -0.15) is 0 Å². The van der Waals surface area contributed by atoms with Gasteiger partial charge in [0.15, 0.2) is 6.61 Å². The highest BCUT2D eigenvalue weighted by atomic mass is 16.5. The molecule has 180 valence electrons. The Balaban J connectivity index is 1.43. The van der Waals surface area contributed by atoms with Crippen molar-refractivity contribution in [3.8, 4) is 23.0 Å². The van der Waals surface area contributed by atoms with Crippen LogP contribution in [-0.4, -0.2) is 19.1 Å². The summed E-state index contributed by atoms with van der Waals surface area (Å²) in [5.74, 6) is 1.79. The number of carbonyl (C=O) groups excluding carboxylic acids is 1. The van der Waals surface area contributed by atoms with Crippen molar-refractivity contribution in [3.05, 3.63) is 88.8 Å². The summed E-state index contributed by atoms with van der Waals surface area (Å²) in [7, 11) is 0. The molecule has 1 heterocycles. The second kappa shape index (κ2) is 10.8. The molecule has 0 atom stereocenters. The van der Waals surface area contributed by atoms with Crippen molar-refractivity contribution in [2.75, 3.05) is 18.5 Å². The summed E-state index contributed by atoms with van der Waals surface area (Å²) in [4.78, 5) is 25.2. The third kappa shape index (κ3) is 5.81. The van der Waals surface area contributed by atoms with Crippen LogP contribution in [0.5, 0.6) is 23.0 Å². The molecule has 0 bridgehead atoms. The highest BCUT2D eigenvalue weighted by molar-refractivity contribution is 5.92. The van der Waals surface area contributed by atoms with Crippen molar-refractivity contribution in [3.63, 3.8) is 0 Å². The fourth-order valence-electron chi connectivity index (χ4n) is 3.57. The Morgan fingerprint density at radius 2 is 1.69 bits per heavy atom. The van der Waals surface area contributed by atoms with E-state index in [4.69, 9.17) is 18.6 Å². The first-order valence-corrected chi connectivity index (χ1v) is 11.4. The van der Waals surface area contributed by atoms with Gasteiger partial charge in [0.1, 0.15) is 29.1 Å². The summed E-state index contributed by atoms with van der Waals surface area (Å²) in [5, 5.41) is 3.12. The number of amides is 1. The molecule has 3 aromatic carbocycles. The first-order valence-electron chi connectivity index (χ1n) is 11.4. The zero-order valence-electron chi connectivity index (χ0n) is 19.9. The van der Waals surface area contributed by atoms with Crippen molar-refractivity contribution in [2.45, 2.75) is 26.7 Å². The van der Waals surface area contributed by atoms with E-state index in [9.17, 15) is 9.59 Å². The zero-order valence-corrected chi connectivity index (χ0v) is 19.9. The molecule has 0 aliphatic heterocycles. The lowest BCUT2D eigenvalue weighted by Gasteiger charge is -2.13. The molecule has 1 aromatic heterocycles. The van der Waals surface area contributed by atoms with Crippen molar-refractivity contribution in [1.29, 1.82) is 0 Å². The molecule has 35 heavy (non-hydrogen) atoms. The minimum absolute atomic E-state index is 0.106. The predicted molar refractivity (Wildman–Crippen MR) is 135 cm³/mol. The fraction of sp³-hybridized carbons (Fsp3) is 0.214. The maximum absolute atomic E-state index is 13.0. The maximum atomic E-state index is 13.0. The second-order valence-corrected chi connectivity index (χ2v) is 8.18. The molecule has 0 aliphatic carbocycles. The monoisotopic (exact) mass is 473 g/mol. The van der Waals surface area contributed by atoms with E-state index < -0.39 is 0 Å². The zero-order chi connectivity index (χ0) is 24.8. The number of hydrogen-bond donors (Lipinski definition) is 1. The minimum Gasteiger partial charge on any atom is -0.494 e. The van der Waals surface area contributed by atoms with Crippen LogP contribution in [0.2, 0.25) is 0 Å². The summed E-state index contributed by atoms with van der Waals surface area (Å²) < 4.78 is 22.5. The van der Waals surface area contributed by atoms with Gasteiger partial charge in [-0.1, -0.05) is 32.0 Å². The SMILES string of the molecule is CCOc1ccc(NC(=O)COc2ccc3c(=O)c(Oc4ccccc4C(C)C)coc3c2)cc1. The Morgan fingerprint density at radius 3 is 2.43 bits per heavy atom. The van der Waals surface area contributed by atoms with Crippen LogP contribution in [0.25, 0.3) is 11.0 Å². The number of ether oxygens (including phenoxy) is 3. The molecule has 7 heteroatoms. The number of anilines is 1. The van der Waals surface area contributed by atoms with Gasteiger partial charge in [0, 0.05) is 11.8 Å². The van der Waals surface area contributed by atoms with Gasteiger partial charge >= 0.3 is 0 Å². The van der Waals surface area contributed by atoms with E-state index in [-0.39, 0.29) is 29.6 Å². The predicted octanol–water partition coefficient (Wildman–Crippen LogP) is 6.12. The molecule has 0 aliphatic rings. The third-order valence-corrected chi connectivity index (χ3v) is 5.29. The lowest BCUT2D eigenvalue weighted by molar-refractivity contribution is -0.118. The Kier molecular flexibility index (Phi) is 7.35. The van der Waals surface area contributed by atoms with Crippen LogP contribution >= 0.6 is 0 Å². The van der Waals surface area contributed by atoms with Gasteiger partial charge in [0.25, 0.3) is 5.91 Å². The van der Waals surface area contributed by atoms with Gasteiger partial charge in [-0.05, 0) is 60.9 Å². The number of hydrogen-bond acceptors (Lipinski definition) is 6. The maximum Gasteiger partial charge on any atom is 0.262 e. The summed E-state index contributed by atoms with van der Waals surface area (Å²) >= 11 is 0. The lowest BCUT2D eigenvalue weighted by atomic mass is 10.0. The number of rotatable bonds is 9. The Morgan fingerprint density at radius 1 is 0.943 bits per heavy atom. The first kappa shape index (κ1) is 23.9. The summed E-state index contributed by atoms with van der Waals surface area (Å²) in [6, 6.07) is 19.5. The van der Waals surface area contributed by atoms with Crippen LogP contribution in [0.1, 0.15) is 32.3 Å². The van der Waals surface area contributed by atoms with Gasteiger partial charge in [-0.25, -0.2) is 0 Å². The van der Waals surface area contributed by atoms with Gasteiger partial charge in [0.2, 0.25) is 11.2 Å². The van der Waals surface area contributed by atoms with Gasteiger partial charge in [0.05, 0.1) is 12.0 Å². The highest BCUT2D eigenvalue weighted by Gasteiger charge is 2.14. The molecule has 1 amide bonds. The van der Waals surface area contributed by atoms with Crippen molar-refractivity contribution < 1.29 is 23.4 Å². The number of fused-ring (bicyclic) bond motifs is 1. The molecular formula is C28H27NO6. The molecule has 4 rings (SSSR count). The molecule has 0 spiro atoms. The third-order valence-electron chi connectivity index (χ3n) is 5.29. The van der Waals surface area contributed by atoms with E-state index in [0.717, 1.165) is 11.3 Å². The minimum atomic E-state index is -0.316. The van der Waals surface area contributed by atoms with Crippen molar-refractivity contribution >= 4 is 22.6 Å². The standard InChI is InChI=1S/C28H27NO6/c1-4-32-20-11-9-19(10-12-20)29-27(30)17-33-21-13-14-23-25(15-21)34-16-26(28(23)31)35-24-8-6-5-7-22(24)18(2)3/h5-16,18H,4,17H2,1-3H3,(H,29,30). The number of nitrogens with one attached hydrogen (secondary N) is 1. The summed E-state index contributed by atoms with van der Waals surface area (Å²) in [6.45, 7) is 6.41. The summed E-state index contributed by atoms with van der Waals surface area (Å²) in [5.41, 5.74) is 1.69. The van der Waals surface area contributed by atoms with E-state index in [2.05, 4.69) is 19.2 Å². The average molecular weight is 474 g/mol. The van der Waals surface area contributed by atoms with Crippen LogP contribution in [0.3, 0.4) is 0 Å². The molecule has 0 saturated heterocycles. The van der Waals surface area contributed by atoms with Gasteiger partial charge in [-0.15, -0.1) is 0 Å². The molecule has 7 nitrogen and oxygen atoms in total. The van der Waals surface area contributed by atoms with Gasteiger partial charge < -0.3 is 23.9 Å². The number of para-hydroxylation sites is 1. The Bertz CT molecular complexity index is 1370. The topological polar surface area (TPSA) is 87.0 Å². The summed E-state index contributed by atoms with van der Waals surface area (Å²) in [6.07, 6.45) is 1.30. The largest absolute Gasteiger partial charge is 0.494 e. The molecule has 0 radical (unpaired) electrons. The number of carbonyl (C=O) groups is 1. The normalized spacial score (nSPS) is 10.9. The molecule has 4 aromatic rings. The fourth-order valence-corrected chi connectivity index (χ4v) is 3.57. The van der Waals surface area contributed by atoms with E-state index in [1.54, 1.807) is 42.5 Å². The molecule has 0 unspecified atom stereocenters. The van der Waals surface area contributed by atoms with Crippen molar-refractivity contribution in [1.82, 2.24) is 0 Å². The van der Waals surface area contributed by atoms with E-state index in [1.165, 1.54) is 6.26 Å². The van der Waals surface area contributed by atoms with Crippen LogP contribution in [0.15, 0.2) is 82.2 Å². The first-order chi connectivity index (χ1) is 16.9. The Hall–Kier alpha value is -4.26. The van der Waals surface area contributed by atoms with Crippen LogP contribution < -0.4 is 25.0 Å². The van der Waals surface area contributed by atoms with Gasteiger partial charge in [-0.3, -0.25) is 9.59 Å². The number of benzene rings is 3. The van der Waals surface area contributed by atoms with Crippen molar-refractivity contribution in [2.24, 2.45) is 0 Å². The Labute approximate surface area is 203 Å². The quantitative estimate of drug-likeness (QED) is 0.315. The molecule has 1 N–H and O–H groups in total. The molecular weight excluding hydrogens is 446 g/mol. The van der Waals surface area contributed by atoms with E-state index in [1.807, 2.05) is 31.2 Å². The average Bonchev–Trinajstić information content (AvgIpc) is 2.86. The highest BCUT2D eigenvalue weighted by Crippen LogP contribution is 2.30. The second-order valence-electron chi connectivity index (χ2n) is 8.18. The van der Waals surface area contributed by atoms with E-state index in [0.29, 0.717) is 34.8 Å².